The Morgan fingerprint density at radius 3 is 2.65 bits per heavy atom. The van der Waals surface area contributed by atoms with E-state index in [1.807, 2.05) is 18.3 Å². The molecule has 0 spiro atoms. The molecule has 5 rings (SSSR count). The number of ether oxygens (including phenoxy) is 1. The van der Waals surface area contributed by atoms with Crippen LogP contribution in [0.1, 0.15) is 31.2 Å². The second-order valence-electron chi connectivity index (χ2n) is 8.38. The van der Waals surface area contributed by atoms with Crippen molar-refractivity contribution in [3.05, 3.63) is 82.1 Å². The van der Waals surface area contributed by atoms with E-state index in [-0.39, 0.29) is 11.7 Å². The Balaban J connectivity index is 1.53. The zero-order chi connectivity index (χ0) is 23.7. The number of pyridine rings is 2. The fraction of sp³-hybridized carbons (Fsp3) is 0.231. The quantitative estimate of drug-likeness (QED) is 0.402. The zero-order valence-corrected chi connectivity index (χ0v) is 19.4. The van der Waals surface area contributed by atoms with E-state index in [1.54, 1.807) is 54.6 Å². The monoisotopic (exact) mass is 471 g/mol. The van der Waals surface area contributed by atoms with Gasteiger partial charge in [-0.25, -0.2) is 9.67 Å². The van der Waals surface area contributed by atoms with E-state index in [4.69, 9.17) is 16.3 Å². The van der Waals surface area contributed by atoms with Gasteiger partial charge in [-0.2, -0.15) is 10.4 Å². The first-order chi connectivity index (χ1) is 16.5. The molecule has 8 heteroatoms. The first kappa shape index (κ1) is 21.9. The second-order valence-corrected chi connectivity index (χ2v) is 8.79. The van der Waals surface area contributed by atoms with Crippen LogP contribution < -0.4 is 10.3 Å². The van der Waals surface area contributed by atoms with Crippen molar-refractivity contribution in [3.63, 3.8) is 0 Å². The van der Waals surface area contributed by atoms with Crippen LogP contribution in [-0.4, -0.2) is 25.4 Å². The zero-order valence-electron chi connectivity index (χ0n) is 18.6. The molecule has 170 valence electrons. The van der Waals surface area contributed by atoms with Crippen LogP contribution in [0.25, 0.3) is 27.9 Å². The lowest BCUT2D eigenvalue weighted by Gasteiger charge is -2.13. The van der Waals surface area contributed by atoms with E-state index < -0.39 is 0 Å². The molecule has 3 aromatic heterocycles. The Kier molecular flexibility index (Phi) is 5.91. The summed E-state index contributed by atoms with van der Waals surface area (Å²) in [6, 6.07) is 12.7. The number of aromatic nitrogens is 4. The van der Waals surface area contributed by atoms with Gasteiger partial charge in [0.05, 0.1) is 22.5 Å². The van der Waals surface area contributed by atoms with Crippen molar-refractivity contribution in [1.29, 1.82) is 5.26 Å². The summed E-state index contributed by atoms with van der Waals surface area (Å²) in [5.74, 6) is 0.596. The summed E-state index contributed by atoms with van der Waals surface area (Å²) in [7, 11) is 1.71. The third-order valence-corrected chi connectivity index (χ3v) is 6.42. The van der Waals surface area contributed by atoms with Gasteiger partial charge in [0.15, 0.2) is 0 Å². The molecule has 4 aromatic rings. The maximum atomic E-state index is 12.5. The summed E-state index contributed by atoms with van der Waals surface area (Å²) < 4.78 is 9.13. The highest BCUT2D eigenvalue weighted by molar-refractivity contribution is 6.32. The molecule has 3 heterocycles. The van der Waals surface area contributed by atoms with Crippen molar-refractivity contribution in [2.75, 3.05) is 0 Å². The first-order valence-electron chi connectivity index (χ1n) is 11.1. The Hall–Kier alpha value is -3.89. The first-order valence-corrected chi connectivity index (χ1v) is 11.5. The third-order valence-electron chi connectivity index (χ3n) is 6.11. The van der Waals surface area contributed by atoms with E-state index in [1.165, 1.54) is 17.4 Å². The van der Waals surface area contributed by atoms with Crippen LogP contribution in [0.15, 0.2) is 66.0 Å². The molecular weight excluding hydrogens is 450 g/mol. The normalized spacial score (nSPS) is 13.7. The van der Waals surface area contributed by atoms with E-state index >= 15 is 0 Å². The van der Waals surface area contributed by atoms with Gasteiger partial charge in [-0.3, -0.25) is 4.79 Å². The van der Waals surface area contributed by atoms with Crippen molar-refractivity contribution in [2.45, 2.75) is 31.8 Å². The number of hydrogen-bond acceptors (Lipinski definition) is 5. The van der Waals surface area contributed by atoms with Crippen LogP contribution in [-0.2, 0) is 7.05 Å². The molecule has 0 bridgehead atoms. The number of aryl methyl sites for hydroxylation is 1. The largest absolute Gasteiger partial charge is 0.474 e. The minimum Gasteiger partial charge on any atom is -0.474 e. The predicted octanol–water partition coefficient (Wildman–Crippen LogP) is 5.15. The van der Waals surface area contributed by atoms with E-state index in [2.05, 4.69) is 16.2 Å². The minimum atomic E-state index is -0.126. The average Bonchev–Trinajstić information content (AvgIpc) is 3.53. The maximum absolute atomic E-state index is 12.5. The van der Waals surface area contributed by atoms with Gasteiger partial charge in [0, 0.05) is 54.5 Å². The molecule has 34 heavy (non-hydrogen) atoms. The van der Waals surface area contributed by atoms with Crippen molar-refractivity contribution >= 4 is 11.6 Å². The van der Waals surface area contributed by atoms with Crippen LogP contribution in [0.3, 0.4) is 0 Å². The van der Waals surface area contributed by atoms with Gasteiger partial charge in [0.2, 0.25) is 5.88 Å². The van der Waals surface area contributed by atoms with Crippen molar-refractivity contribution in [2.24, 2.45) is 7.05 Å². The van der Waals surface area contributed by atoms with Gasteiger partial charge in [-0.15, -0.1) is 0 Å². The Labute approximate surface area is 201 Å². The van der Waals surface area contributed by atoms with Crippen LogP contribution in [0.4, 0.5) is 0 Å². The van der Waals surface area contributed by atoms with Crippen LogP contribution in [0.2, 0.25) is 5.02 Å². The summed E-state index contributed by atoms with van der Waals surface area (Å²) >= 11 is 6.19. The highest BCUT2D eigenvalue weighted by Gasteiger charge is 2.18. The summed E-state index contributed by atoms with van der Waals surface area (Å²) in [6.45, 7) is 0. The maximum Gasteiger partial charge on any atom is 0.250 e. The van der Waals surface area contributed by atoms with Gasteiger partial charge in [0.25, 0.3) is 5.56 Å². The topological polar surface area (TPSA) is 85.7 Å². The predicted molar refractivity (Wildman–Crippen MR) is 130 cm³/mol. The third kappa shape index (κ3) is 4.20. The van der Waals surface area contributed by atoms with Crippen LogP contribution >= 0.6 is 11.6 Å². The lowest BCUT2D eigenvalue weighted by atomic mass is 9.99. The Morgan fingerprint density at radius 2 is 1.91 bits per heavy atom. The Morgan fingerprint density at radius 1 is 1.09 bits per heavy atom. The number of benzene rings is 1. The fourth-order valence-corrected chi connectivity index (χ4v) is 4.50. The molecule has 1 aliphatic carbocycles. The van der Waals surface area contributed by atoms with E-state index in [9.17, 15) is 10.1 Å². The number of halogens is 1. The molecule has 1 aliphatic rings. The lowest BCUT2D eigenvalue weighted by Crippen LogP contribution is -2.15. The molecule has 1 aromatic carbocycles. The summed E-state index contributed by atoms with van der Waals surface area (Å²) in [5.41, 5.74) is 3.97. The second kappa shape index (κ2) is 9.16. The lowest BCUT2D eigenvalue weighted by molar-refractivity contribution is 0.201. The molecule has 0 aliphatic heterocycles. The Bertz CT molecular complexity index is 1440. The number of rotatable bonds is 5. The van der Waals surface area contributed by atoms with Gasteiger partial charge < -0.3 is 9.30 Å². The van der Waals surface area contributed by atoms with Gasteiger partial charge in [-0.1, -0.05) is 17.7 Å². The highest BCUT2D eigenvalue weighted by atomic mass is 35.5. The molecule has 0 amide bonds. The summed E-state index contributed by atoms with van der Waals surface area (Å²) in [6.07, 6.45) is 11.8. The summed E-state index contributed by atoms with van der Waals surface area (Å²) in [5, 5.41) is 14.3. The van der Waals surface area contributed by atoms with Crippen molar-refractivity contribution in [1.82, 2.24) is 19.3 Å². The molecule has 7 nitrogen and oxygen atoms in total. The number of nitriles is 1. The van der Waals surface area contributed by atoms with Crippen molar-refractivity contribution < 1.29 is 4.74 Å². The van der Waals surface area contributed by atoms with Gasteiger partial charge in [-0.05, 0) is 49.4 Å². The molecule has 1 saturated carbocycles. The highest BCUT2D eigenvalue weighted by Crippen LogP contribution is 2.32. The molecule has 0 atom stereocenters. The van der Waals surface area contributed by atoms with Crippen molar-refractivity contribution in [3.8, 4) is 39.9 Å². The molecular formula is C26H22ClN5O2. The minimum absolute atomic E-state index is 0.126. The van der Waals surface area contributed by atoms with Gasteiger partial charge >= 0.3 is 0 Å². The molecule has 0 radical (unpaired) electrons. The van der Waals surface area contributed by atoms with E-state index in [0.717, 1.165) is 35.1 Å². The standard InChI is InChI=1S/C26H22ClN5O2/c1-31-16-22(18-14-30-32(15-18)24-8-4-7-23(27)21(24)12-28)20(11-26(31)33)17-9-10-25(29-13-17)34-19-5-2-3-6-19/h4,7-11,13-16,19H,2-3,5-6H2,1H3. The SMILES string of the molecule is Cn1cc(-c2cnn(-c3cccc(Cl)c3C#N)c2)c(-c2ccc(OC3CCCC3)nc2)cc1=O. The van der Waals surface area contributed by atoms with Gasteiger partial charge in [0.1, 0.15) is 12.2 Å². The molecule has 0 saturated heterocycles. The number of nitrogens with zero attached hydrogens (tertiary/aromatic N) is 5. The van der Waals surface area contributed by atoms with Crippen LogP contribution in [0, 0.1) is 11.3 Å². The number of hydrogen-bond donors (Lipinski definition) is 0. The fourth-order valence-electron chi connectivity index (χ4n) is 4.29. The van der Waals surface area contributed by atoms with E-state index in [0.29, 0.717) is 22.2 Å². The smallest absolute Gasteiger partial charge is 0.250 e. The summed E-state index contributed by atoms with van der Waals surface area (Å²) in [4.78, 5) is 17.0. The molecule has 0 unspecified atom stereocenters. The molecule has 1 fully saturated rings. The average molecular weight is 472 g/mol. The molecule has 0 N–H and O–H groups in total. The van der Waals surface area contributed by atoms with Crippen LogP contribution in [0.5, 0.6) is 5.88 Å².